The van der Waals surface area contributed by atoms with Gasteiger partial charge < -0.3 is 4.74 Å². The highest BCUT2D eigenvalue weighted by atomic mass is 79.9. The van der Waals surface area contributed by atoms with Crippen molar-refractivity contribution >= 4 is 48.6 Å². The second-order valence-corrected chi connectivity index (χ2v) is 6.09. The summed E-state index contributed by atoms with van der Waals surface area (Å²) in [6.07, 6.45) is 3.09. The summed E-state index contributed by atoms with van der Waals surface area (Å²) in [7, 11) is 0. The second-order valence-electron chi connectivity index (χ2n) is 4.38. The van der Waals surface area contributed by atoms with Crippen molar-refractivity contribution in [3.05, 3.63) is 69.4 Å². The van der Waals surface area contributed by atoms with Gasteiger partial charge >= 0.3 is 5.97 Å². The lowest BCUT2D eigenvalue weighted by atomic mass is 10.1. The van der Waals surface area contributed by atoms with E-state index in [9.17, 15) is 4.79 Å². The fraction of sp³-hybridized carbons (Fsp3) is 0. The van der Waals surface area contributed by atoms with E-state index in [2.05, 4.69) is 36.8 Å². The Hall–Kier alpha value is -1.72. The number of esters is 1. The van der Waals surface area contributed by atoms with Crippen LogP contribution in [-0.4, -0.2) is 11.0 Å². The number of ether oxygens (including phenoxy) is 1. The van der Waals surface area contributed by atoms with Gasteiger partial charge in [0.15, 0.2) is 0 Å². The average Bonchev–Trinajstić information content (AvgIpc) is 2.50. The number of halogens is 2. The van der Waals surface area contributed by atoms with Crippen LogP contribution in [0.2, 0.25) is 0 Å². The van der Waals surface area contributed by atoms with Crippen LogP contribution in [0.1, 0.15) is 10.4 Å². The number of carbonyl (C=O) groups is 1. The molecule has 104 valence electrons. The van der Waals surface area contributed by atoms with Gasteiger partial charge in [0.2, 0.25) is 0 Å². The minimum atomic E-state index is -0.445. The average molecular weight is 407 g/mol. The summed E-state index contributed by atoms with van der Waals surface area (Å²) in [5.41, 5.74) is 0.393. The third-order valence-electron chi connectivity index (χ3n) is 2.97. The van der Waals surface area contributed by atoms with Crippen LogP contribution in [0, 0.1) is 0 Å². The van der Waals surface area contributed by atoms with Crippen molar-refractivity contribution in [2.75, 3.05) is 0 Å². The Morgan fingerprint density at radius 2 is 1.86 bits per heavy atom. The van der Waals surface area contributed by atoms with E-state index in [1.54, 1.807) is 18.3 Å². The van der Waals surface area contributed by atoms with Gasteiger partial charge in [-0.2, -0.15) is 0 Å². The molecule has 1 aromatic heterocycles. The number of carbonyl (C=O) groups excluding carboxylic acids is 1. The minimum absolute atomic E-state index is 0.393. The Labute approximate surface area is 138 Å². The van der Waals surface area contributed by atoms with Gasteiger partial charge in [-0.15, -0.1) is 0 Å². The van der Waals surface area contributed by atoms with E-state index in [1.807, 2.05) is 30.3 Å². The predicted molar refractivity (Wildman–Crippen MR) is 88.5 cm³/mol. The number of hydrogen-bond acceptors (Lipinski definition) is 3. The zero-order valence-electron chi connectivity index (χ0n) is 10.7. The molecule has 0 saturated carbocycles. The maximum absolute atomic E-state index is 12.2. The fourth-order valence-electron chi connectivity index (χ4n) is 1.97. The van der Waals surface area contributed by atoms with E-state index in [0.717, 1.165) is 19.7 Å². The van der Waals surface area contributed by atoms with Crippen LogP contribution in [0.5, 0.6) is 5.75 Å². The van der Waals surface area contributed by atoms with Crippen molar-refractivity contribution in [1.29, 1.82) is 0 Å². The van der Waals surface area contributed by atoms with Gasteiger partial charge in [-0.3, -0.25) is 4.98 Å². The summed E-state index contributed by atoms with van der Waals surface area (Å²) < 4.78 is 6.94. The number of nitrogens with zero attached hydrogens (tertiary/aromatic N) is 1. The number of aromatic nitrogens is 1. The molecule has 1 heterocycles. The standard InChI is InChI=1S/C16H9Br2NO2/c17-12-7-11(8-19-9-12)16(20)21-14-6-5-10-3-1-2-4-13(10)15(14)18/h1-9H. The van der Waals surface area contributed by atoms with Crippen LogP contribution in [0.25, 0.3) is 10.8 Å². The molecule has 0 aliphatic rings. The molecule has 3 rings (SSSR count). The van der Waals surface area contributed by atoms with Crippen LogP contribution >= 0.6 is 31.9 Å². The normalized spacial score (nSPS) is 10.6. The lowest BCUT2D eigenvalue weighted by Gasteiger charge is -2.09. The summed E-state index contributed by atoms with van der Waals surface area (Å²) in [5.74, 6) is 0.0402. The molecule has 0 amide bonds. The first-order chi connectivity index (χ1) is 10.1. The van der Waals surface area contributed by atoms with E-state index in [4.69, 9.17) is 4.74 Å². The van der Waals surface area contributed by atoms with E-state index in [1.165, 1.54) is 6.20 Å². The third-order valence-corrected chi connectivity index (χ3v) is 4.22. The van der Waals surface area contributed by atoms with Crippen LogP contribution in [-0.2, 0) is 0 Å². The highest BCUT2D eigenvalue weighted by molar-refractivity contribution is 9.11. The molecule has 3 nitrogen and oxygen atoms in total. The first-order valence-electron chi connectivity index (χ1n) is 6.15. The SMILES string of the molecule is O=C(Oc1ccc2ccccc2c1Br)c1cncc(Br)c1. The Bertz CT molecular complexity index is 833. The number of benzene rings is 2. The van der Waals surface area contributed by atoms with Gasteiger partial charge in [-0.25, -0.2) is 4.79 Å². The summed E-state index contributed by atoms with van der Waals surface area (Å²) in [4.78, 5) is 16.1. The highest BCUT2D eigenvalue weighted by Crippen LogP contribution is 2.33. The Balaban J connectivity index is 1.95. The number of rotatable bonds is 2. The first-order valence-corrected chi connectivity index (χ1v) is 7.74. The molecule has 0 aliphatic carbocycles. The van der Waals surface area contributed by atoms with Crippen molar-refractivity contribution < 1.29 is 9.53 Å². The Kier molecular flexibility index (Phi) is 4.03. The molecule has 5 heteroatoms. The molecule has 3 aromatic rings. The predicted octanol–water partition coefficient (Wildman–Crippen LogP) is 4.98. The highest BCUT2D eigenvalue weighted by Gasteiger charge is 2.13. The van der Waals surface area contributed by atoms with E-state index in [-0.39, 0.29) is 0 Å². The summed E-state index contributed by atoms with van der Waals surface area (Å²) in [5, 5.41) is 2.07. The summed E-state index contributed by atoms with van der Waals surface area (Å²) in [6, 6.07) is 13.2. The number of fused-ring (bicyclic) bond motifs is 1. The second kappa shape index (κ2) is 5.95. The summed E-state index contributed by atoms with van der Waals surface area (Å²) >= 11 is 6.78. The van der Waals surface area contributed by atoms with Crippen LogP contribution in [0.15, 0.2) is 63.8 Å². The van der Waals surface area contributed by atoms with Gasteiger partial charge in [-0.1, -0.05) is 30.3 Å². The van der Waals surface area contributed by atoms with Gasteiger partial charge in [-0.05, 0) is 54.8 Å². The van der Waals surface area contributed by atoms with E-state index >= 15 is 0 Å². The maximum Gasteiger partial charge on any atom is 0.345 e. The van der Waals surface area contributed by atoms with Gasteiger partial charge in [0.1, 0.15) is 5.75 Å². The van der Waals surface area contributed by atoms with Gasteiger partial charge in [0, 0.05) is 16.9 Å². The molecule has 0 unspecified atom stereocenters. The zero-order valence-corrected chi connectivity index (χ0v) is 13.9. The monoisotopic (exact) mass is 405 g/mol. The lowest BCUT2D eigenvalue weighted by molar-refractivity contribution is 0.0733. The largest absolute Gasteiger partial charge is 0.422 e. The number of hydrogen-bond donors (Lipinski definition) is 0. The molecular weight excluding hydrogens is 398 g/mol. The van der Waals surface area contributed by atoms with Gasteiger partial charge in [0.05, 0.1) is 10.0 Å². The van der Waals surface area contributed by atoms with Crippen molar-refractivity contribution in [3.8, 4) is 5.75 Å². The first kappa shape index (κ1) is 14.2. The third kappa shape index (κ3) is 2.99. The molecule has 0 fully saturated rings. The zero-order chi connectivity index (χ0) is 14.8. The maximum atomic E-state index is 12.2. The van der Waals surface area contributed by atoms with Crippen molar-refractivity contribution in [3.63, 3.8) is 0 Å². The van der Waals surface area contributed by atoms with E-state index < -0.39 is 5.97 Å². The molecule has 0 radical (unpaired) electrons. The topological polar surface area (TPSA) is 39.2 Å². The molecule has 0 saturated heterocycles. The quantitative estimate of drug-likeness (QED) is 0.445. The Morgan fingerprint density at radius 1 is 1.05 bits per heavy atom. The van der Waals surface area contributed by atoms with Crippen molar-refractivity contribution in [2.24, 2.45) is 0 Å². The lowest BCUT2D eigenvalue weighted by Crippen LogP contribution is -2.09. The molecule has 0 aliphatic heterocycles. The minimum Gasteiger partial charge on any atom is -0.422 e. The van der Waals surface area contributed by atoms with E-state index in [0.29, 0.717) is 11.3 Å². The van der Waals surface area contributed by atoms with Crippen LogP contribution in [0.4, 0.5) is 0 Å². The smallest absolute Gasteiger partial charge is 0.345 e. The van der Waals surface area contributed by atoms with Crippen LogP contribution in [0.3, 0.4) is 0 Å². The van der Waals surface area contributed by atoms with Crippen molar-refractivity contribution in [2.45, 2.75) is 0 Å². The molecule has 0 N–H and O–H groups in total. The molecule has 2 aromatic carbocycles. The fourth-order valence-corrected chi connectivity index (χ4v) is 2.91. The molecule has 0 bridgehead atoms. The van der Waals surface area contributed by atoms with Crippen molar-refractivity contribution in [1.82, 2.24) is 4.98 Å². The van der Waals surface area contributed by atoms with Gasteiger partial charge in [0.25, 0.3) is 0 Å². The molecular formula is C16H9Br2NO2. The summed E-state index contributed by atoms with van der Waals surface area (Å²) in [6.45, 7) is 0. The Morgan fingerprint density at radius 3 is 2.67 bits per heavy atom. The molecule has 21 heavy (non-hydrogen) atoms. The van der Waals surface area contributed by atoms with Crippen LogP contribution < -0.4 is 4.74 Å². The molecule has 0 spiro atoms. The molecule has 0 atom stereocenters. The number of pyridine rings is 1.